The van der Waals surface area contributed by atoms with E-state index in [0.717, 1.165) is 28.3 Å². The summed E-state index contributed by atoms with van der Waals surface area (Å²) in [5.41, 5.74) is 8.78. The second-order valence-electron chi connectivity index (χ2n) is 5.44. The van der Waals surface area contributed by atoms with Gasteiger partial charge in [0.15, 0.2) is 0 Å². The highest BCUT2D eigenvalue weighted by Gasteiger charge is 2.08. The Morgan fingerprint density at radius 3 is 2.62 bits per heavy atom. The van der Waals surface area contributed by atoms with E-state index < -0.39 is 0 Å². The molecule has 2 aromatic rings. The Kier molecular flexibility index (Phi) is 5.21. The Hall–Kier alpha value is -1.58. The van der Waals surface area contributed by atoms with Gasteiger partial charge in [-0.3, -0.25) is 0 Å². The Bertz CT molecular complexity index is 613. The van der Waals surface area contributed by atoms with Gasteiger partial charge in [0.1, 0.15) is 5.82 Å². The first-order valence-corrected chi connectivity index (χ1v) is 7.33. The predicted octanol–water partition coefficient (Wildman–Crippen LogP) is 4.01. The maximum atomic E-state index is 13.2. The van der Waals surface area contributed by atoms with Crippen LogP contribution in [0.25, 0.3) is 0 Å². The third-order valence-corrected chi connectivity index (χ3v) is 3.68. The first-order valence-electron chi connectivity index (χ1n) is 6.95. The Labute approximate surface area is 130 Å². The van der Waals surface area contributed by atoms with Gasteiger partial charge in [-0.25, -0.2) is 4.39 Å². The van der Waals surface area contributed by atoms with Crippen LogP contribution in [0.1, 0.15) is 18.1 Å². The molecule has 112 valence electrons. The molecule has 2 N–H and O–H groups in total. The second-order valence-corrected chi connectivity index (χ2v) is 5.85. The van der Waals surface area contributed by atoms with Crippen LogP contribution in [-0.2, 0) is 13.0 Å². The minimum absolute atomic E-state index is 0.0818. The molecule has 0 heterocycles. The number of rotatable bonds is 5. The Balaban J connectivity index is 2.12. The van der Waals surface area contributed by atoms with Crippen molar-refractivity contribution in [2.75, 3.05) is 11.9 Å². The van der Waals surface area contributed by atoms with Gasteiger partial charge in [-0.05, 0) is 48.7 Å². The van der Waals surface area contributed by atoms with E-state index >= 15 is 0 Å². The number of benzene rings is 2. The molecule has 1 atom stereocenters. The molecule has 4 heteroatoms. The highest BCUT2D eigenvalue weighted by atomic mass is 35.5. The number of hydrogen-bond acceptors (Lipinski definition) is 2. The molecule has 2 aromatic carbocycles. The van der Waals surface area contributed by atoms with E-state index in [0.29, 0.717) is 6.54 Å². The minimum Gasteiger partial charge on any atom is -0.370 e. The third-order valence-electron chi connectivity index (χ3n) is 3.33. The molecule has 0 fully saturated rings. The summed E-state index contributed by atoms with van der Waals surface area (Å²) >= 11 is 6.30. The summed E-state index contributed by atoms with van der Waals surface area (Å²) in [6, 6.07) is 12.7. The van der Waals surface area contributed by atoms with Gasteiger partial charge in [0.2, 0.25) is 0 Å². The van der Waals surface area contributed by atoms with Crippen molar-refractivity contribution in [1.82, 2.24) is 0 Å². The fourth-order valence-electron chi connectivity index (χ4n) is 2.29. The van der Waals surface area contributed by atoms with Crippen molar-refractivity contribution >= 4 is 17.3 Å². The van der Waals surface area contributed by atoms with Crippen molar-refractivity contribution in [2.45, 2.75) is 25.9 Å². The Morgan fingerprint density at radius 2 is 2.00 bits per heavy atom. The normalized spacial score (nSPS) is 12.2. The SMILES string of the molecule is CC(N)Cc1ccc(N(C)Cc2cccc(F)c2)cc1Cl. The van der Waals surface area contributed by atoms with Crippen LogP contribution in [0.2, 0.25) is 5.02 Å². The highest BCUT2D eigenvalue weighted by Crippen LogP contribution is 2.25. The summed E-state index contributed by atoms with van der Waals surface area (Å²) < 4.78 is 13.2. The Morgan fingerprint density at radius 1 is 1.24 bits per heavy atom. The van der Waals surface area contributed by atoms with Crippen LogP contribution in [0.15, 0.2) is 42.5 Å². The number of nitrogens with zero attached hydrogens (tertiary/aromatic N) is 1. The number of halogens is 2. The number of nitrogens with two attached hydrogens (primary N) is 1. The summed E-state index contributed by atoms with van der Waals surface area (Å²) in [6.07, 6.45) is 0.757. The first kappa shape index (κ1) is 15.8. The molecule has 1 unspecified atom stereocenters. The summed E-state index contributed by atoms with van der Waals surface area (Å²) in [4.78, 5) is 2.04. The van der Waals surface area contributed by atoms with Crippen molar-refractivity contribution in [2.24, 2.45) is 5.73 Å². The largest absolute Gasteiger partial charge is 0.370 e. The molecule has 0 aliphatic heterocycles. The second kappa shape index (κ2) is 6.92. The van der Waals surface area contributed by atoms with Gasteiger partial charge in [-0.1, -0.05) is 29.8 Å². The fraction of sp³-hybridized carbons (Fsp3) is 0.294. The van der Waals surface area contributed by atoms with Crippen LogP contribution in [0, 0.1) is 5.82 Å². The zero-order valence-electron chi connectivity index (χ0n) is 12.3. The summed E-state index contributed by atoms with van der Waals surface area (Å²) in [6.45, 7) is 2.58. The van der Waals surface area contributed by atoms with E-state index in [4.69, 9.17) is 17.3 Å². The summed E-state index contributed by atoms with van der Waals surface area (Å²) in [5, 5.41) is 0.718. The van der Waals surface area contributed by atoms with E-state index in [2.05, 4.69) is 0 Å². The molecule has 2 nitrogen and oxygen atoms in total. The lowest BCUT2D eigenvalue weighted by Gasteiger charge is -2.20. The monoisotopic (exact) mass is 306 g/mol. The molecule has 0 spiro atoms. The van der Waals surface area contributed by atoms with Crippen molar-refractivity contribution in [3.63, 3.8) is 0 Å². The molecule has 0 radical (unpaired) electrons. The zero-order valence-corrected chi connectivity index (χ0v) is 13.1. The maximum absolute atomic E-state index is 13.2. The van der Waals surface area contributed by atoms with E-state index in [9.17, 15) is 4.39 Å². The maximum Gasteiger partial charge on any atom is 0.123 e. The molecule has 0 bridgehead atoms. The van der Waals surface area contributed by atoms with Crippen LogP contribution >= 0.6 is 11.6 Å². The molecule has 0 aromatic heterocycles. The van der Waals surface area contributed by atoms with Crippen LogP contribution in [0.3, 0.4) is 0 Å². The van der Waals surface area contributed by atoms with Crippen LogP contribution in [0.5, 0.6) is 0 Å². The van der Waals surface area contributed by atoms with Crippen LogP contribution in [-0.4, -0.2) is 13.1 Å². The van der Waals surface area contributed by atoms with Gasteiger partial charge in [0.05, 0.1) is 0 Å². The average Bonchev–Trinajstić information content (AvgIpc) is 2.40. The van der Waals surface area contributed by atoms with E-state index in [-0.39, 0.29) is 11.9 Å². The van der Waals surface area contributed by atoms with Gasteiger partial charge in [0, 0.05) is 30.3 Å². The van der Waals surface area contributed by atoms with Crippen molar-refractivity contribution < 1.29 is 4.39 Å². The lowest BCUT2D eigenvalue weighted by molar-refractivity contribution is 0.625. The lowest BCUT2D eigenvalue weighted by atomic mass is 10.1. The smallest absolute Gasteiger partial charge is 0.123 e. The van der Waals surface area contributed by atoms with Gasteiger partial charge in [-0.15, -0.1) is 0 Å². The topological polar surface area (TPSA) is 29.3 Å². The molecule has 0 aliphatic carbocycles. The minimum atomic E-state index is -0.216. The van der Waals surface area contributed by atoms with Gasteiger partial charge in [-0.2, -0.15) is 0 Å². The molecule has 0 saturated heterocycles. The first-order chi connectivity index (χ1) is 9.95. The molecule has 0 saturated carbocycles. The van der Waals surface area contributed by atoms with E-state index in [1.165, 1.54) is 6.07 Å². The van der Waals surface area contributed by atoms with Crippen LogP contribution < -0.4 is 10.6 Å². The molecule has 0 amide bonds. The molecule has 21 heavy (non-hydrogen) atoms. The molecular formula is C17H20ClFN2. The van der Waals surface area contributed by atoms with E-state index in [1.807, 2.05) is 43.1 Å². The standard InChI is InChI=1S/C17H20ClFN2/c1-12(20)8-14-6-7-16(10-17(14)18)21(2)11-13-4-3-5-15(19)9-13/h3-7,9-10,12H,8,11,20H2,1-2H3. The van der Waals surface area contributed by atoms with Crippen LogP contribution in [0.4, 0.5) is 10.1 Å². The quantitative estimate of drug-likeness (QED) is 0.904. The fourth-order valence-corrected chi connectivity index (χ4v) is 2.54. The molecule has 0 aliphatic rings. The highest BCUT2D eigenvalue weighted by molar-refractivity contribution is 6.31. The summed E-state index contributed by atoms with van der Waals surface area (Å²) in [7, 11) is 1.96. The van der Waals surface area contributed by atoms with Gasteiger partial charge in [0.25, 0.3) is 0 Å². The van der Waals surface area contributed by atoms with Crippen molar-refractivity contribution in [3.05, 3.63) is 64.4 Å². The third kappa shape index (κ3) is 4.45. The predicted molar refractivity (Wildman–Crippen MR) is 87.3 cm³/mol. The molecular weight excluding hydrogens is 287 g/mol. The lowest BCUT2D eigenvalue weighted by Crippen LogP contribution is -2.19. The summed E-state index contributed by atoms with van der Waals surface area (Å²) in [5.74, 6) is -0.216. The zero-order chi connectivity index (χ0) is 15.4. The van der Waals surface area contributed by atoms with Gasteiger partial charge < -0.3 is 10.6 Å². The number of hydrogen-bond donors (Lipinski definition) is 1. The number of anilines is 1. The average molecular weight is 307 g/mol. The van der Waals surface area contributed by atoms with Gasteiger partial charge >= 0.3 is 0 Å². The van der Waals surface area contributed by atoms with E-state index in [1.54, 1.807) is 12.1 Å². The van der Waals surface area contributed by atoms with Crippen molar-refractivity contribution in [3.8, 4) is 0 Å². The molecule has 2 rings (SSSR count). The van der Waals surface area contributed by atoms with Crippen molar-refractivity contribution in [1.29, 1.82) is 0 Å².